The molecule has 0 heteroatoms. The first-order valence-electron chi connectivity index (χ1n) is 22.5. The Hall–Kier alpha value is -7.80. The largest absolute Gasteiger partial charge is 0.0622 e. The molecule has 0 saturated heterocycles. The van der Waals surface area contributed by atoms with Crippen molar-refractivity contribution in [1.29, 1.82) is 0 Å². The highest BCUT2D eigenvalue weighted by atomic mass is 14.2. The summed E-state index contributed by atoms with van der Waals surface area (Å²) in [7, 11) is 0. The molecule has 12 aromatic rings. The monoisotopic (exact) mass is 814 g/mol. The SMILES string of the molecule is CC(C)(C)c1ccc(-c2cc(-c3c4ccccc4c(-c4ccccc4)c4ccccc34)cc3c2ccc2cc(-c4c5ccccc5c(-c5ccccc5)c5ccccc45)ccc23)cc1. The van der Waals surface area contributed by atoms with Gasteiger partial charge < -0.3 is 0 Å². The van der Waals surface area contributed by atoms with Crippen LogP contribution in [0.25, 0.3) is 120 Å². The number of rotatable bonds is 5. The highest BCUT2D eigenvalue weighted by Gasteiger charge is 2.21. The van der Waals surface area contributed by atoms with Crippen molar-refractivity contribution >= 4 is 64.6 Å². The summed E-state index contributed by atoms with van der Waals surface area (Å²) in [6, 6.07) is 83.7. The van der Waals surface area contributed by atoms with Gasteiger partial charge in [-0.2, -0.15) is 0 Å². The van der Waals surface area contributed by atoms with Gasteiger partial charge in [-0.3, -0.25) is 0 Å². The van der Waals surface area contributed by atoms with Crippen molar-refractivity contribution in [3.8, 4) is 55.6 Å². The van der Waals surface area contributed by atoms with Gasteiger partial charge in [-0.15, -0.1) is 0 Å². The second-order valence-corrected chi connectivity index (χ2v) is 18.4. The minimum absolute atomic E-state index is 0.0627. The molecule has 0 radical (unpaired) electrons. The molecule has 0 heterocycles. The van der Waals surface area contributed by atoms with Crippen molar-refractivity contribution in [3.05, 3.63) is 230 Å². The lowest BCUT2D eigenvalue weighted by Crippen LogP contribution is -2.10. The second-order valence-electron chi connectivity index (χ2n) is 18.4. The Bertz CT molecular complexity index is 3660. The van der Waals surface area contributed by atoms with E-state index in [4.69, 9.17) is 0 Å². The number of fused-ring (bicyclic) bond motifs is 7. The maximum absolute atomic E-state index is 2.47. The molecule has 12 aromatic carbocycles. The van der Waals surface area contributed by atoms with Crippen LogP contribution in [0.4, 0.5) is 0 Å². The van der Waals surface area contributed by atoms with Crippen molar-refractivity contribution in [1.82, 2.24) is 0 Å². The van der Waals surface area contributed by atoms with Crippen LogP contribution < -0.4 is 0 Å². The average molecular weight is 815 g/mol. The van der Waals surface area contributed by atoms with E-state index < -0.39 is 0 Å². The summed E-state index contributed by atoms with van der Waals surface area (Å²) in [6.45, 7) is 6.87. The van der Waals surface area contributed by atoms with E-state index in [0.29, 0.717) is 0 Å². The van der Waals surface area contributed by atoms with E-state index >= 15 is 0 Å². The Labute approximate surface area is 374 Å². The minimum Gasteiger partial charge on any atom is -0.0622 e. The van der Waals surface area contributed by atoms with Crippen LogP contribution in [-0.4, -0.2) is 0 Å². The standard InChI is InChI=1S/C64H46/c1-64(2,3)47-34-30-41(31-35-47)58-39-46(63-56-28-16-12-24-52(56)61(43-20-8-5-9-21-43)53-25-13-17-29-57(53)63)40-59-48-36-33-45(38-44(48)32-37-49(58)59)62-54-26-14-10-22-50(54)60(42-18-6-4-7-19-42)51-23-11-15-27-55(51)62/h4-40H,1-3H3. The van der Waals surface area contributed by atoms with Crippen LogP contribution in [0.5, 0.6) is 0 Å². The summed E-state index contributed by atoms with van der Waals surface area (Å²) in [5, 5.41) is 15.1. The molecule has 0 saturated carbocycles. The molecule has 0 aliphatic carbocycles. The Kier molecular flexibility index (Phi) is 8.85. The molecule has 0 atom stereocenters. The molecule has 0 nitrogen and oxygen atoms in total. The van der Waals surface area contributed by atoms with Gasteiger partial charge in [-0.25, -0.2) is 0 Å². The number of hydrogen-bond donors (Lipinski definition) is 0. The first-order valence-corrected chi connectivity index (χ1v) is 22.5. The number of hydrogen-bond acceptors (Lipinski definition) is 0. The summed E-state index contributed by atoms with van der Waals surface area (Å²) in [5.41, 5.74) is 13.9. The third-order valence-corrected chi connectivity index (χ3v) is 13.6. The van der Waals surface area contributed by atoms with Crippen molar-refractivity contribution in [2.24, 2.45) is 0 Å². The Morgan fingerprint density at radius 1 is 0.234 bits per heavy atom. The second kappa shape index (κ2) is 14.9. The molecule has 0 N–H and O–H groups in total. The van der Waals surface area contributed by atoms with Gasteiger partial charge >= 0.3 is 0 Å². The quantitative estimate of drug-likeness (QED) is 0.120. The maximum atomic E-state index is 2.47. The van der Waals surface area contributed by atoms with Crippen molar-refractivity contribution in [2.75, 3.05) is 0 Å². The molecule has 0 amide bonds. The number of benzene rings is 12. The molecule has 0 fully saturated rings. The predicted molar refractivity (Wildman–Crippen MR) is 277 cm³/mol. The van der Waals surface area contributed by atoms with E-state index in [1.807, 2.05) is 0 Å². The first-order chi connectivity index (χ1) is 31.4. The summed E-state index contributed by atoms with van der Waals surface area (Å²) in [4.78, 5) is 0. The Morgan fingerprint density at radius 2 is 0.609 bits per heavy atom. The molecule has 64 heavy (non-hydrogen) atoms. The highest BCUT2D eigenvalue weighted by molar-refractivity contribution is 6.25. The fourth-order valence-electron chi connectivity index (χ4n) is 10.6. The lowest BCUT2D eigenvalue weighted by molar-refractivity contribution is 0.590. The predicted octanol–water partition coefficient (Wildman–Crippen LogP) is 18.2. The van der Waals surface area contributed by atoms with Crippen LogP contribution in [0.1, 0.15) is 26.3 Å². The summed E-state index contributed by atoms with van der Waals surface area (Å²) >= 11 is 0. The zero-order valence-corrected chi connectivity index (χ0v) is 36.4. The highest BCUT2D eigenvalue weighted by Crippen LogP contribution is 2.48. The zero-order valence-electron chi connectivity index (χ0n) is 36.4. The van der Waals surface area contributed by atoms with E-state index in [-0.39, 0.29) is 5.41 Å². The fourth-order valence-corrected chi connectivity index (χ4v) is 10.6. The molecule has 0 unspecified atom stereocenters. The topological polar surface area (TPSA) is 0 Å². The first kappa shape index (κ1) is 37.9. The van der Waals surface area contributed by atoms with Gasteiger partial charge in [-0.1, -0.05) is 227 Å². The molecule has 0 aliphatic rings. The lowest BCUT2D eigenvalue weighted by atomic mass is 9.83. The summed E-state index contributed by atoms with van der Waals surface area (Å²) in [5.74, 6) is 0. The van der Waals surface area contributed by atoms with Gasteiger partial charge in [0, 0.05) is 0 Å². The van der Waals surface area contributed by atoms with Gasteiger partial charge in [0.2, 0.25) is 0 Å². The average Bonchev–Trinajstić information content (AvgIpc) is 3.34. The van der Waals surface area contributed by atoms with Crippen molar-refractivity contribution < 1.29 is 0 Å². The van der Waals surface area contributed by atoms with Crippen LogP contribution in [-0.2, 0) is 5.41 Å². The van der Waals surface area contributed by atoms with Crippen molar-refractivity contribution in [3.63, 3.8) is 0 Å². The van der Waals surface area contributed by atoms with Crippen LogP contribution in [0.15, 0.2) is 224 Å². The smallest absolute Gasteiger partial charge is 0.00259 e. The normalized spacial score (nSPS) is 12.0. The fraction of sp³-hybridized carbons (Fsp3) is 0.0625. The van der Waals surface area contributed by atoms with Crippen molar-refractivity contribution in [2.45, 2.75) is 26.2 Å². The van der Waals surface area contributed by atoms with E-state index in [9.17, 15) is 0 Å². The van der Waals surface area contributed by atoms with Gasteiger partial charge in [0.15, 0.2) is 0 Å². The van der Waals surface area contributed by atoms with Gasteiger partial charge in [0.05, 0.1) is 0 Å². The molecular formula is C64H46. The molecule has 0 aromatic heterocycles. The zero-order chi connectivity index (χ0) is 42.9. The third-order valence-electron chi connectivity index (χ3n) is 13.6. The van der Waals surface area contributed by atoms with Gasteiger partial charge in [-0.05, 0) is 149 Å². The Balaban J connectivity index is 1.14. The molecule has 0 bridgehead atoms. The summed E-state index contributed by atoms with van der Waals surface area (Å²) in [6.07, 6.45) is 0. The molecule has 0 aliphatic heterocycles. The van der Waals surface area contributed by atoms with Crippen LogP contribution in [0.3, 0.4) is 0 Å². The van der Waals surface area contributed by atoms with Crippen LogP contribution in [0.2, 0.25) is 0 Å². The molecule has 302 valence electrons. The van der Waals surface area contributed by atoms with E-state index in [0.717, 1.165) is 0 Å². The third kappa shape index (κ3) is 6.13. The van der Waals surface area contributed by atoms with E-state index in [2.05, 4.69) is 245 Å². The van der Waals surface area contributed by atoms with Gasteiger partial charge in [0.1, 0.15) is 0 Å². The minimum atomic E-state index is 0.0627. The van der Waals surface area contributed by atoms with Crippen LogP contribution in [0, 0.1) is 0 Å². The molecule has 12 rings (SSSR count). The van der Waals surface area contributed by atoms with Gasteiger partial charge in [0.25, 0.3) is 0 Å². The Morgan fingerprint density at radius 3 is 1.05 bits per heavy atom. The molecule has 0 spiro atoms. The van der Waals surface area contributed by atoms with Crippen LogP contribution >= 0.6 is 0 Å². The lowest BCUT2D eigenvalue weighted by Gasteiger charge is -2.21. The van der Waals surface area contributed by atoms with E-state index in [1.165, 1.54) is 126 Å². The van der Waals surface area contributed by atoms with E-state index in [1.54, 1.807) is 0 Å². The molecular weight excluding hydrogens is 769 g/mol. The summed E-state index contributed by atoms with van der Waals surface area (Å²) < 4.78 is 0. The maximum Gasteiger partial charge on any atom is -0.00259 e.